The molecule has 0 unspecified atom stereocenters. The fourth-order valence-electron chi connectivity index (χ4n) is 2.13. The number of para-hydroxylation sites is 1. The quantitative estimate of drug-likeness (QED) is 0.315. The maximum Gasteiger partial charge on any atom is 0.251 e. The van der Waals surface area contributed by atoms with Crippen molar-refractivity contribution in [3.63, 3.8) is 0 Å². The van der Waals surface area contributed by atoms with Crippen molar-refractivity contribution < 1.29 is 14.3 Å². The molecule has 0 spiro atoms. The highest BCUT2D eigenvalue weighted by Crippen LogP contribution is 2.23. The first-order valence-corrected chi connectivity index (χ1v) is 7.04. The number of aliphatic hydroxyl groups is 1. The van der Waals surface area contributed by atoms with Gasteiger partial charge in [-0.05, 0) is 30.7 Å². The predicted octanol–water partition coefficient (Wildman–Crippen LogP) is 5.11. The maximum atomic E-state index is 12.4. The van der Waals surface area contributed by atoms with Crippen molar-refractivity contribution in [3.8, 4) is 0 Å². The lowest BCUT2D eigenvalue weighted by Crippen LogP contribution is -1.99. The van der Waals surface area contributed by atoms with Crippen LogP contribution < -0.4 is 0 Å². The van der Waals surface area contributed by atoms with E-state index in [1.807, 2.05) is 43.3 Å². The monoisotopic (exact) mass is 306 g/mol. The fourth-order valence-corrected chi connectivity index (χ4v) is 2.13. The van der Waals surface area contributed by atoms with E-state index in [9.17, 15) is 9.90 Å². The Hall–Kier alpha value is -3.21. The molecule has 1 N–H and O–H groups in total. The number of hydrogen-bond donors (Lipinski definition) is 1. The van der Waals surface area contributed by atoms with Crippen LogP contribution >= 0.6 is 0 Å². The number of hydrogen-bond acceptors (Lipinski definition) is 5. The van der Waals surface area contributed by atoms with E-state index in [1.54, 1.807) is 18.2 Å². The number of azo groups is 1. The van der Waals surface area contributed by atoms with Crippen LogP contribution in [-0.2, 0) is 0 Å². The van der Waals surface area contributed by atoms with E-state index in [0.717, 1.165) is 10.9 Å². The van der Waals surface area contributed by atoms with Gasteiger partial charge in [-0.15, -0.1) is 5.11 Å². The normalized spacial score (nSPS) is 12.1. The lowest BCUT2D eigenvalue weighted by molar-refractivity contribution is 0.100. The molecule has 114 valence electrons. The zero-order valence-corrected chi connectivity index (χ0v) is 12.4. The number of Topliss-reactive ketones (excluding diaryl/α,β-unsaturated/α-hetero) is 1. The number of benzene rings is 2. The molecular formula is C18H14N2O3. The Labute approximate surface area is 132 Å². The third kappa shape index (κ3) is 3.03. The number of nitrogens with zero attached hydrogens (tertiary/aromatic N) is 2. The topological polar surface area (TPSA) is 75.2 Å². The van der Waals surface area contributed by atoms with Gasteiger partial charge in [-0.2, -0.15) is 5.11 Å². The second kappa shape index (κ2) is 6.27. The molecule has 2 aromatic carbocycles. The van der Waals surface area contributed by atoms with Crippen molar-refractivity contribution >= 4 is 22.4 Å². The molecule has 0 saturated carbocycles. The summed E-state index contributed by atoms with van der Waals surface area (Å²) >= 11 is 0. The first-order chi connectivity index (χ1) is 11.2. The zero-order valence-electron chi connectivity index (χ0n) is 12.4. The molecule has 1 aromatic heterocycles. The molecule has 0 atom stereocenters. The summed E-state index contributed by atoms with van der Waals surface area (Å²) in [6.07, 6.45) is 0.636. The van der Waals surface area contributed by atoms with E-state index in [2.05, 4.69) is 10.2 Å². The van der Waals surface area contributed by atoms with Gasteiger partial charge in [0.2, 0.25) is 0 Å². The van der Waals surface area contributed by atoms with Gasteiger partial charge in [0.25, 0.3) is 5.78 Å². The number of allylic oxidation sites excluding steroid dienone is 1. The Bertz CT molecular complexity index is 890. The van der Waals surface area contributed by atoms with Gasteiger partial charge in [-0.3, -0.25) is 4.79 Å². The highest BCUT2D eigenvalue weighted by molar-refractivity contribution is 6.08. The SMILES string of the molecule is Cc1ccccc1N=N/C(=C/O)C(=O)c1cc2ccccc2o1. The molecule has 0 bridgehead atoms. The predicted molar refractivity (Wildman–Crippen MR) is 87.0 cm³/mol. The zero-order chi connectivity index (χ0) is 16.2. The summed E-state index contributed by atoms with van der Waals surface area (Å²) in [6.45, 7) is 1.89. The number of aryl methyl sites for hydroxylation is 1. The van der Waals surface area contributed by atoms with Crippen LogP contribution in [-0.4, -0.2) is 10.9 Å². The number of aliphatic hydroxyl groups excluding tert-OH is 1. The van der Waals surface area contributed by atoms with Gasteiger partial charge in [0.05, 0.1) is 5.69 Å². The summed E-state index contributed by atoms with van der Waals surface area (Å²) in [6, 6.07) is 16.3. The summed E-state index contributed by atoms with van der Waals surface area (Å²) in [5.41, 5.74) is 1.96. The molecule has 0 fully saturated rings. The minimum absolute atomic E-state index is 0.107. The third-order valence-corrected chi connectivity index (χ3v) is 3.39. The summed E-state index contributed by atoms with van der Waals surface area (Å²) in [4.78, 5) is 12.4. The van der Waals surface area contributed by atoms with Crippen LogP contribution in [0.2, 0.25) is 0 Å². The minimum atomic E-state index is -0.527. The van der Waals surface area contributed by atoms with Crippen LogP contribution in [0.3, 0.4) is 0 Å². The Balaban J connectivity index is 1.89. The molecule has 0 amide bonds. The molecular weight excluding hydrogens is 292 g/mol. The fraction of sp³-hybridized carbons (Fsp3) is 0.0556. The number of rotatable bonds is 4. The van der Waals surface area contributed by atoms with Gasteiger partial charge >= 0.3 is 0 Å². The van der Waals surface area contributed by atoms with E-state index < -0.39 is 5.78 Å². The standard InChI is InChI=1S/C18H14N2O3/c1-12-6-2-4-8-14(12)19-20-15(11-21)18(22)17-10-13-7-3-5-9-16(13)23-17/h2-11,21H,1H3/b15-11+,20-19?. The van der Waals surface area contributed by atoms with E-state index in [-0.39, 0.29) is 11.5 Å². The highest BCUT2D eigenvalue weighted by atomic mass is 16.3. The van der Waals surface area contributed by atoms with Crippen molar-refractivity contribution in [2.75, 3.05) is 0 Å². The average molecular weight is 306 g/mol. The van der Waals surface area contributed by atoms with E-state index in [4.69, 9.17) is 4.42 Å². The Morgan fingerprint density at radius 1 is 1.13 bits per heavy atom. The van der Waals surface area contributed by atoms with Crippen LogP contribution in [0.1, 0.15) is 16.1 Å². The lowest BCUT2D eigenvalue weighted by Gasteiger charge is -1.98. The van der Waals surface area contributed by atoms with Crippen molar-refractivity contribution in [1.29, 1.82) is 0 Å². The molecule has 3 aromatic rings. The first-order valence-electron chi connectivity index (χ1n) is 7.04. The Morgan fingerprint density at radius 2 is 1.87 bits per heavy atom. The molecule has 0 aliphatic carbocycles. The molecule has 0 saturated heterocycles. The van der Waals surface area contributed by atoms with Gasteiger partial charge in [0, 0.05) is 5.39 Å². The largest absolute Gasteiger partial charge is 0.513 e. The van der Waals surface area contributed by atoms with Crippen LogP contribution in [0.25, 0.3) is 11.0 Å². The Kier molecular flexibility index (Phi) is 4.01. The van der Waals surface area contributed by atoms with Crippen LogP contribution in [0.15, 0.2) is 81.2 Å². The lowest BCUT2D eigenvalue weighted by atomic mass is 10.2. The number of ketones is 1. The summed E-state index contributed by atoms with van der Waals surface area (Å²) in [5.74, 6) is -0.420. The first kappa shape index (κ1) is 14.7. The van der Waals surface area contributed by atoms with Gasteiger partial charge in [0.1, 0.15) is 11.8 Å². The summed E-state index contributed by atoms with van der Waals surface area (Å²) < 4.78 is 5.49. The summed E-state index contributed by atoms with van der Waals surface area (Å²) in [5, 5.41) is 18.0. The van der Waals surface area contributed by atoms with Crippen molar-refractivity contribution in [2.24, 2.45) is 10.2 Å². The van der Waals surface area contributed by atoms with Gasteiger partial charge < -0.3 is 9.52 Å². The van der Waals surface area contributed by atoms with Crippen LogP contribution in [0.5, 0.6) is 0 Å². The molecule has 23 heavy (non-hydrogen) atoms. The average Bonchev–Trinajstić information content (AvgIpc) is 3.01. The number of carbonyl (C=O) groups is 1. The number of furan rings is 1. The molecule has 0 aliphatic rings. The van der Waals surface area contributed by atoms with Gasteiger partial charge in [-0.1, -0.05) is 36.4 Å². The van der Waals surface area contributed by atoms with Gasteiger partial charge in [0.15, 0.2) is 11.5 Å². The van der Waals surface area contributed by atoms with Crippen molar-refractivity contribution in [1.82, 2.24) is 0 Å². The number of fused-ring (bicyclic) bond motifs is 1. The molecule has 0 aliphatic heterocycles. The molecule has 0 radical (unpaired) electrons. The van der Waals surface area contributed by atoms with Crippen molar-refractivity contribution in [3.05, 3.63) is 77.9 Å². The highest BCUT2D eigenvalue weighted by Gasteiger charge is 2.17. The Morgan fingerprint density at radius 3 is 2.61 bits per heavy atom. The van der Waals surface area contributed by atoms with E-state index in [1.165, 1.54) is 0 Å². The third-order valence-electron chi connectivity index (χ3n) is 3.39. The molecule has 5 heteroatoms. The van der Waals surface area contributed by atoms with Crippen LogP contribution in [0.4, 0.5) is 5.69 Å². The van der Waals surface area contributed by atoms with E-state index >= 15 is 0 Å². The second-order valence-electron chi connectivity index (χ2n) is 4.98. The molecule has 3 rings (SSSR count). The van der Waals surface area contributed by atoms with E-state index in [0.29, 0.717) is 17.5 Å². The second-order valence-corrected chi connectivity index (χ2v) is 4.98. The smallest absolute Gasteiger partial charge is 0.251 e. The van der Waals surface area contributed by atoms with Crippen LogP contribution in [0, 0.1) is 6.92 Å². The summed E-state index contributed by atoms with van der Waals surface area (Å²) in [7, 11) is 0. The van der Waals surface area contributed by atoms with Crippen molar-refractivity contribution in [2.45, 2.75) is 6.92 Å². The molecule has 1 heterocycles. The number of carbonyl (C=O) groups excluding carboxylic acids is 1. The molecule has 5 nitrogen and oxygen atoms in total. The maximum absolute atomic E-state index is 12.4. The minimum Gasteiger partial charge on any atom is -0.513 e. The van der Waals surface area contributed by atoms with Gasteiger partial charge in [-0.25, -0.2) is 0 Å².